The first-order chi connectivity index (χ1) is 14.4. The van der Waals surface area contributed by atoms with Gasteiger partial charge in [-0.1, -0.05) is 32.0 Å². The van der Waals surface area contributed by atoms with Gasteiger partial charge in [0.05, 0.1) is 11.6 Å². The predicted octanol–water partition coefficient (Wildman–Crippen LogP) is 4.55. The lowest BCUT2D eigenvalue weighted by Gasteiger charge is -2.28. The Labute approximate surface area is 175 Å². The molecule has 1 atom stereocenters. The molecule has 1 amide bonds. The zero-order valence-corrected chi connectivity index (χ0v) is 17.1. The summed E-state index contributed by atoms with van der Waals surface area (Å²) in [7, 11) is 0. The molecule has 2 aliphatic rings. The molecule has 0 saturated carbocycles. The van der Waals surface area contributed by atoms with Crippen molar-refractivity contribution in [3.05, 3.63) is 71.2 Å². The maximum atomic E-state index is 14.7. The molecule has 6 heteroatoms. The molecule has 5 nitrogen and oxygen atoms in total. The number of rotatable bonds is 5. The molecular weight excluding hydrogens is 383 g/mol. The lowest BCUT2D eigenvalue weighted by molar-refractivity contribution is -0.119. The number of Topliss-reactive ketones (excluding diaryl/α,β-unsaturated/α-hetero) is 1. The Balaban J connectivity index is 1.79. The number of amides is 1. The smallest absolute Gasteiger partial charge is 0.294 e. The molecule has 0 radical (unpaired) electrons. The number of hydrogen-bond acceptors (Lipinski definition) is 4. The quantitative estimate of drug-likeness (QED) is 0.788. The van der Waals surface area contributed by atoms with Gasteiger partial charge in [0, 0.05) is 35.9 Å². The topological polar surface area (TPSA) is 60.9 Å². The largest absolute Gasteiger partial charge is 0.503 e. The molecule has 0 aromatic heterocycles. The molecule has 1 N–H and O–H groups in total. The number of carbonyl (C=O) groups is 2. The van der Waals surface area contributed by atoms with Crippen molar-refractivity contribution in [3.8, 4) is 0 Å². The number of hydrogen-bond donors (Lipinski definition) is 1. The van der Waals surface area contributed by atoms with Gasteiger partial charge in [-0.25, -0.2) is 4.39 Å². The average Bonchev–Trinajstić information content (AvgIpc) is 3.36. The van der Waals surface area contributed by atoms with E-state index in [1.54, 1.807) is 44.2 Å². The minimum absolute atomic E-state index is 0.0521. The molecule has 0 bridgehead atoms. The van der Waals surface area contributed by atoms with Crippen LogP contribution in [0.15, 0.2) is 59.9 Å². The zero-order valence-electron chi connectivity index (χ0n) is 17.1. The van der Waals surface area contributed by atoms with Gasteiger partial charge in [0.2, 0.25) is 0 Å². The molecule has 1 fully saturated rings. The Kier molecular flexibility index (Phi) is 5.33. The van der Waals surface area contributed by atoms with Crippen LogP contribution in [0.25, 0.3) is 0 Å². The molecule has 2 aliphatic heterocycles. The maximum Gasteiger partial charge on any atom is 0.294 e. The first kappa shape index (κ1) is 20.1. The van der Waals surface area contributed by atoms with Gasteiger partial charge in [0.25, 0.3) is 5.91 Å². The number of ketones is 1. The van der Waals surface area contributed by atoms with Crippen molar-refractivity contribution in [2.24, 2.45) is 5.92 Å². The number of anilines is 2. The number of aliphatic hydroxyl groups is 1. The minimum Gasteiger partial charge on any atom is -0.503 e. The van der Waals surface area contributed by atoms with E-state index in [1.807, 2.05) is 12.1 Å². The molecule has 2 heterocycles. The highest BCUT2D eigenvalue weighted by Gasteiger charge is 2.45. The third-order valence-corrected chi connectivity index (χ3v) is 5.80. The summed E-state index contributed by atoms with van der Waals surface area (Å²) < 4.78 is 14.7. The number of nitrogens with zero attached hydrogens (tertiary/aromatic N) is 2. The molecule has 2 aromatic rings. The highest BCUT2D eigenvalue weighted by molar-refractivity contribution is 6.16. The van der Waals surface area contributed by atoms with Crippen LogP contribution in [0, 0.1) is 11.7 Å². The van der Waals surface area contributed by atoms with Gasteiger partial charge in [-0.3, -0.25) is 14.5 Å². The summed E-state index contributed by atoms with van der Waals surface area (Å²) >= 11 is 0. The first-order valence-electron chi connectivity index (χ1n) is 10.3. The predicted molar refractivity (Wildman–Crippen MR) is 114 cm³/mol. The standard InChI is InChI=1S/C24H25FN2O3/c1-15(2)22(28)20-21(18-7-3-4-8-19(18)25)27(24(30)23(20)29)17-11-9-16(10-12-17)26-13-5-6-14-26/h3-4,7-12,15,21,29H,5-6,13-14H2,1-2H3. The van der Waals surface area contributed by atoms with E-state index in [-0.39, 0.29) is 16.9 Å². The summed E-state index contributed by atoms with van der Waals surface area (Å²) in [6, 6.07) is 12.5. The van der Waals surface area contributed by atoms with Crippen molar-refractivity contribution in [1.29, 1.82) is 0 Å². The molecular formula is C24H25FN2O3. The lowest BCUT2D eigenvalue weighted by atomic mass is 9.91. The lowest BCUT2D eigenvalue weighted by Crippen LogP contribution is -2.32. The molecule has 4 rings (SSSR count). The fourth-order valence-electron chi connectivity index (χ4n) is 4.22. The van der Waals surface area contributed by atoms with E-state index in [4.69, 9.17) is 0 Å². The Hall–Kier alpha value is -3.15. The van der Waals surface area contributed by atoms with Crippen molar-refractivity contribution in [2.45, 2.75) is 32.7 Å². The van der Waals surface area contributed by atoms with Crippen LogP contribution >= 0.6 is 0 Å². The summed E-state index contributed by atoms with van der Waals surface area (Å²) in [6.07, 6.45) is 2.31. The van der Waals surface area contributed by atoms with E-state index < -0.39 is 29.4 Å². The number of carbonyl (C=O) groups excluding carboxylic acids is 2. The number of halogens is 1. The van der Waals surface area contributed by atoms with Gasteiger partial charge >= 0.3 is 0 Å². The molecule has 1 saturated heterocycles. The van der Waals surface area contributed by atoms with Gasteiger partial charge < -0.3 is 10.0 Å². The molecule has 2 aromatic carbocycles. The van der Waals surface area contributed by atoms with Crippen LogP contribution in [0.2, 0.25) is 0 Å². The second kappa shape index (κ2) is 7.94. The van der Waals surface area contributed by atoms with Crippen LogP contribution in [0.4, 0.5) is 15.8 Å². The summed E-state index contributed by atoms with van der Waals surface area (Å²) in [5, 5.41) is 10.6. The molecule has 0 aliphatic carbocycles. The van der Waals surface area contributed by atoms with Crippen molar-refractivity contribution < 1.29 is 19.1 Å². The first-order valence-corrected chi connectivity index (χ1v) is 10.3. The van der Waals surface area contributed by atoms with Gasteiger partial charge in [0.15, 0.2) is 11.5 Å². The Bertz CT molecular complexity index is 1010. The number of aliphatic hydroxyl groups excluding tert-OH is 1. The van der Waals surface area contributed by atoms with E-state index in [0.717, 1.165) is 31.6 Å². The SMILES string of the molecule is CC(C)C(=O)C1=C(O)C(=O)N(c2ccc(N3CCCC3)cc2)C1c1ccccc1F. The van der Waals surface area contributed by atoms with Gasteiger partial charge in [-0.15, -0.1) is 0 Å². The normalized spacial score (nSPS) is 19.3. The second-order valence-electron chi connectivity index (χ2n) is 8.09. The maximum absolute atomic E-state index is 14.7. The third kappa shape index (κ3) is 3.36. The van der Waals surface area contributed by atoms with Crippen LogP contribution in [0.3, 0.4) is 0 Å². The van der Waals surface area contributed by atoms with Crippen LogP contribution < -0.4 is 9.80 Å². The van der Waals surface area contributed by atoms with Crippen molar-refractivity contribution >= 4 is 23.1 Å². The summed E-state index contributed by atoms with van der Waals surface area (Å²) in [5.74, 6) is -2.64. The fourth-order valence-corrected chi connectivity index (χ4v) is 4.22. The highest BCUT2D eigenvalue weighted by Crippen LogP contribution is 2.43. The van der Waals surface area contributed by atoms with E-state index in [1.165, 1.54) is 11.0 Å². The molecule has 0 spiro atoms. The fraction of sp³-hybridized carbons (Fsp3) is 0.333. The van der Waals surface area contributed by atoms with Crippen molar-refractivity contribution in [2.75, 3.05) is 22.9 Å². The summed E-state index contributed by atoms with van der Waals surface area (Å²) in [4.78, 5) is 29.5. The molecule has 30 heavy (non-hydrogen) atoms. The van der Waals surface area contributed by atoms with Crippen LogP contribution in [-0.4, -0.2) is 29.9 Å². The Morgan fingerprint density at radius 2 is 1.63 bits per heavy atom. The summed E-state index contributed by atoms with van der Waals surface area (Å²) in [5.41, 5.74) is 1.70. The van der Waals surface area contributed by atoms with E-state index >= 15 is 0 Å². The van der Waals surface area contributed by atoms with Gasteiger partial charge in [-0.2, -0.15) is 0 Å². The monoisotopic (exact) mass is 408 g/mol. The van der Waals surface area contributed by atoms with Crippen LogP contribution in [0.1, 0.15) is 38.3 Å². The van der Waals surface area contributed by atoms with Crippen molar-refractivity contribution in [1.82, 2.24) is 0 Å². The van der Waals surface area contributed by atoms with E-state index in [9.17, 15) is 19.1 Å². The van der Waals surface area contributed by atoms with Gasteiger partial charge in [-0.05, 0) is 43.2 Å². The third-order valence-electron chi connectivity index (χ3n) is 5.80. The second-order valence-corrected chi connectivity index (χ2v) is 8.09. The van der Waals surface area contributed by atoms with Gasteiger partial charge in [0.1, 0.15) is 5.82 Å². The zero-order chi connectivity index (χ0) is 21.4. The number of benzene rings is 2. The van der Waals surface area contributed by atoms with E-state index in [2.05, 4.69) is 4.90 Å². The molecule has 1 unspecified atom stereocenters. The Morgan fingerprint density at radius 1 is 1.03 bits per heavy atom. The summed E-state index contributed by atoms with van der Waals surface area (Å²) in [6.45, 7) is 5.38. The van der Waals surface area contributed by atoms with Crippen molar-refractivity contribution in [3.63, 3.8) is 0 Å². The molecule has 156 valence electrons. The average molecular weight is 408 g/mol. The van der Waals surface area contributed by atoms with E-state index in [0.29, 0.717) is 5.69 Å². The Morgan fingerprint density at radius 3 is 2.23 bits per heavy atom. The van der Waals surface area contributed by atoms with Crippen LogP contribution in [-0.2, 0) is 9.59 Å². The van der Waals surface area contributed by atoms with Crippen LogP contribution in [0.5, 0.6) is 0 Å². The minimum atomic E-state index is -1.01. The highest BCUT2D eigenvalue weighted by atomic mass is 19.1.